The number of aromatic nitrogens is 2. The van der Waals surface area contributed by atoms with Crippen LogP contribution < -0.4 is 4.74 Å². The molecule has 2 aliphatic rings. The Morgan fingerprint density at radius 1 is 0.921 bits per heavy atom. The molecule has 2 saturated heterocycles. The molecule has 2 aromatic heterocycles. The van der Waals surface area contributed by atoms with Crippen molar-refractivity contribution in [2.45, 2.75) is 6.18 Å². The highest BCUT2D eigenvalue weighted by atomic mass is 32.2. The van der Waals surface area contributed by atoms with Crippen LogP contribution in [0.2, 0.25) is 0 Å². The van der Waals surface area contributed by atoms with Gasteiger partial charge in [0.1, 0.15) is 11.4 Å². The van der Waals surface area contributed by atoms with E-state index in [4.69, 9.17) is 9.47 Å². The van der Waals surface area contributed by atoms with Gasteiger partial charge in [0.05, 0.1) is 24.3 Å². The Hall–Kier alpha value is -3.33. The van der Waals surface area contributed by atoms with E-state index in [-0.39, 0.29) is 43.7 Å². The third-order valence-electron chi connectivity index (χ3n) is 6.31. The van der Waals surface area contributed by atoms with Crippen LogP contribution in [0.4, 0.5) is 13.2 Å². The molecular formula is C24H24F3N5O5S. The average Bonchev–Trinajstić information content (AvgIpc) is 2.93. The minimum atomic E-state index is -4.48. The van der Waals surface area contributed by atoms with Crippen molar-refractivity contribution in [1.29, 1.82) is 0 Å². The van der Waals surface area contributed by atoms with Gasteiger partial charge in [-0.25, -0.2) is 9.97 Å². The second-order valence-corrected chi connectivity index (χ2v) is 10.7. The number of rotatable bonds is 5. The van der Waals surface area contributed by atoms with Crippen molar-refractivity contribution >= 4 is 27.0 Å². The zero-order valence-corrected chi connectivity index (χ0v) is 20.9. The average molecular weight is 552 g/mol. The predicted molar refractivity (Wildman–Crippen MR) is 130 cm³/mol. The van der Waals surface area contributed by atoms with Crippen molar-refractivity contribution in [3.63, 3.8) is 0 Å². The first kappa shape index (κ1) is 26.3. The number of hydrogen-bond donors (Lipinski definition) is 0. The Balaban J connectivity index is 1.22. The van der Waals surface area contributed by atoms with Crippen LogP contribution in [-0.4, -0.2) is 90.3 Å². The van der Waals surface area contributed by atoms with Gasteiger partial charge in [-0.05, 0) is 30.3 Å². The minimum absolute atomic E-state index is 0.00637. The van der Waals surface area contributed by atoms with E-state index in [0.717, 1.165) is 12.1 Å². The summed E-state index contributed by atoms with van der Waals surface area (Å²) in [5, 5.41) is 0.660. The zero-order valence-electron chi connectivity index (χ0n) is 20.1. The Kier molecular flexibility index (Phi) is 7.22. The molecule has 1 aromatic carbocycles. The number of carbonyl (C=O) groups is 1. The van der Waals surface area contributed by atoms with E-state index in [1.54, 1.807) is 35.2 Å². The van der Waals surface area contributed by atoms with Gasteiger partial charge in [-0.2, -0.15) is 30.2 Å². The first-order valence-electron chi connectivity index (χ1n) is 11.9. The van der Waals surface area contributed by atoms with Gasteiger partial charge >= 0.3 is 6.18 Å². The molecule has 202 valence electrons. The molecule has 2 fully saturated rings. The highest BCUT2D eigenvalue weighted by Gasteiger charge is 2.34. The standard InChI is InChI=1S/C24H24F3N5O5S/c25-24(26,27)18-2-6-22(28-16-18)37-19-3-5-20-17(15-19)1-4-21(29-20)23(33)30-7-9-31(10-8-30)38(34,35)32-11-13-36-14-12-32/h1-6,15-16H,7-14H2. The lowest BCUT2D eigenvalue weighted by molar-refractivity contribution is -0.137. The number of carbonyl (C=O) groups excluding carboxylic acids is 1. The monoisotopic (exact) mass is 551 g/mol. The number of morpholine rings is 1. The topological polar surface area (TPSA) is 105 Å². The molecule has 0 radical (unpaired) electrons. The fraction of sp³-hybridized carbons (Fsp3) is 0.375. The van der Waals surface area contributed by atoms with Crippen LogP contribution in [0, 0.1) is 0 Å². The van der Waals surface area contributed by atoms with Crippen LogP contribution in [0.3, 0.4) is 0 Å². The number of alkyl halides is 3. The summed E-state index contributed by atoms with van der Waals surface area (Å²) in [5.74, 6) is 0.0553. The van der Waals surface area contributed by atoms with E-state index in [2.05, 4.69) is 9.97 Å². The Morgan fingerprint density at radius 2 is 1.63 bits per heavy atom. The number of piperazine rings is 1. The lowest BCUT2D eigenvalue weighted by Gasteiger charge is -2.37. The molecule has 4 heterocycles. The van der Waals surface area contributed by atoms with E-state index < -0.39 is 21.9 Å². The first-order chi connectivity index (χ1) is 18.1. The molecule has 1 amide bonds. The molecule has 0 unspecified atom stereocenters. The summed E-state index contributed by atoms with van der Waals surface area (Å²) in [5.41, 5.74) is -0.123. The molecule has 10 nitrogen and oxygen atoms in total. The maximum atomic E-state index is 13.1. The molecule has 0 N–H and O–H groups in total. The van der Waals surface area contributed by atoms with Gasteiger partial charge in [0.25, 0.3) is 16.1 Å². The highest BCUT2D eigenvalue weighted by molar-refractivity contribution is 7.86. The van der Waals surface area contributed by atoms with Gasteiger partial charge < -0.3 is 14.4 Å². The van der Waals surface area contributed by atoms with Crippen LogP contribution in [-0.2, 0) is 21.1 Å². The molecule has 14 heteroatoms. The molecular weight excluding hydrogens is 527 g/mol. The molecule has 0 bridgehead atoms. The summed E-state index contributed by atoms with van der Waals surface area (Å²) in [7, 11) is -3.60. The molecule has 3 aromatic rings. The lowest BCUT2D eigenvalue weighted by atomic mass is 10.2. The fourth-order valence-electron chi connectivity index (χ4n) is 4.24. The van der Waals surface area contributed by atoms with Crippen LogP contribution in [0.1, 0.15) is 16.1 Å². The van der Waals surface area contributed by atoms with Crippen molar-refractivity contribution in [3.05, 3.63) is 59.9 Å². The summed E-state index contributed by atoms with van der Waals surface area (Å²) < 4.78 is 77.4. The predicted octanol–water partition coefficient (Wildman–Crippen LogP) is 2.78. The van der Waals surface area contributed by atoms with E-state index >= 15 is 0 Å². The van der Waals surface area contributed by atoms with Gasteiger partial charge in [0, 0.05) is 56.9 Å². The first-order valence-corrected chi connectivity index (χ1v) is 13.3. The smallest absolute Gasteiger partial charge is 0.417 e. The largest absolute Gasteiger partial charge is 0.439 e. The minimum Gasteiger partial charge on any atom is -0.439 e. The lowest BCUT2D eigenvalue weighted by Crippen LogP contribution is -2.55. The second kappa shape index (κ2) is 10.4. The van der Waals surface area contributed by atoms with Crippen molar-refractivity contribution in [2.24, 2.45) is 0 Å². The van der Waals surface area contributed by atoms with Crippen LogP contribution in [0.5, 0.6) is 11.6 Å². The number of nitrogens with zero attached hydrogens (tertiary/aromatic N) is 5. The number of fused-ring (bicyclic) bond motifs is 1. The summed E-state index contributed by atoms with van der Waals surface area (Å²) in [4.78, 5) is 22.8. The van der Waals surface area contributed by atoms with Crippen LogP contribution in [0.15, 0.2) is 48.7 Å². The summed E-state index contributed by atoms with van der Waals surface area (Å²) in [6.45, 7) is 2.24. The molecule has 0 saturated carbocycles. The molecule has 2 aliphatic heterocycles. The van der Waals surface area contributed by atoms with E-state index in [9.17, 15) is 26.4 Å². The van der Waals surface area contributed by atoms with E-state index in [0.29, 0.717) is 49.2 Å². The highest BCUT2D eigenvalue weighted by Crippen LogP contribution is 2.30. The van der Waals surface area contributed by atoms with Crippen molar-refractivity contribution in [1.82, 2.24) is 23.5 Å². The van der Waals surface area contributed by atoms with Gasteiger partial charge in [0.15, 0.2) is 0 Å². The maximum Gasteiger partial charge on any atom is 0.417 e. The van der Waals surface area contributed by atoms with Crippen molar-refractivity contribution in [2.75, 3.05) is 52.5 Å². The Labute approximate surface area is 216 Å². The van der Waals surface area contributed by atoms with Gasteiger partial charge in [-0.1, -0.05) is 6.07 Å². The van der Waals surface area contributed by atoms with Crippen molar-refractivity contribution < 1.29 is 35.9 Å². The van der Waals surface area contributed by atoms with Gasteiger partial charge in [0.2, 0.25) is 5.88 Å². The normalized spacial score (nSPS) is 18.0. The third kappa shape index (κ3) is 5.57. The molecule has 0 spiro atoms. The zero-order chi connectivity index (χ0) is 26.9. The van der Waals surface area contributed by atoms with Crippen LogP contribution in [0.25, 0.3) is 10.9 Å². The van der Waals surface area contributed by atoms with E-state index in [1.165, 1.54) is 8.61 Å². The molecule has 38 heavy (non-hydrogen) atoms. The SMILES string of the molecule is O=C(c1ccc2cc(Oc3ccc(C(F)(F)F)cn3)ccc2n1)N1CCN(S(=O)(=O)N2CCOCC2)CC1. The molecule has 5 rings (SSSR count). The van der Waals surface area contributed by atoms with E-state index in [1.807, 2.05) is 0 Å². The van der Waals surface area contributed by atoms with Gasteiger partial charge in [-0.3, -0.25) is 4.79 Å². The molecule has 0 aliphatic carbocycles. The van der Waals surface area contributed by atoms with Crippen molar-refractivity contribution in [3.8, 4) is 11.6 Å². The Bertz CT molecular complexity index is 1420. The van der Waals surface area contributed by atoms with Crippen LogP contribution >= 0.6 is 0 Å². The Morgan fingerprint density at radius 3 is 2.29 bits per heavy atom. The number of pyridine rings is 2. The second-order valence-electron chi connectivity index (χ2n) is 8.75. The molecule has 0 atom stereocenters. The maximum absolute atomic E-state index is 13.1. The summed E-state index contributed by atoms with van der Waals surface area (Å²) in [6.07, 6.45) is -3.78. The quantitative estimate of drug-likeness (QED) is 0.480. The number of amides is 1. The number of ether oxygens (including phenoxy) is 2. The number of halogens is 3. The number of benzene rings is 1. The third-order valence-corrected chi connectivity index (χ3v) is 8.35. The summed E-state index contributed by atoms with van der Waals surface area (Å²) >= 11 is 0. The summed E-state index contributed by atoms with van der Waals surface area (Å²) in [6, 6.07) is 10.2. The number of hydrogen-bond acceptors (Lipinski definition) is 7. The fourth-order valence-corrected chi connectivity index (χ4v) is 5.80. The van der Waals surface area contributed by atoms with Gasteiger partial charge in [-0.15, -0.1) is 0 Å².